The number of rotatable bonds is 3. The largest absolute Gasteiger partial charge is 0.349 e. The number of carbonyl (C=O) groups is 1. The molecule has 0 spiro atoms. The Hall–Kier alpha value is -2.50. The van der Waals surface area contributed by atoms with Gasteiger partial charge in [-0.3, -0.25) is 4.79 Å². The Labute approximate surface area is 139 Å². The Kier molecular flexibility index (Phi) is 5.03. The molecular formula is C18H19F2N3O. The van der Waals surface area contributed by atoms with E-state index in [0.29, 0.717) is 11.4 Å². The molecule has 0 saturated carbocycles. The van der Waals surface area contributed by atoms with Crippen molar-refractivity contribution in [1.29, 1.82) is 0 Å². The van der Waals surface area contributed by atoms with Crippen LogP contribution in [0.5, 0.6) is 0 Å². The normalized spacial score (nSPS) is 15.0. The van der Waals surface area contributed by atoms with Crippen LogP contribution in [0.4, 0.5) is 20.2 Å². The first kappa shape index (κ1) is 16.4. The minimum Gasteiger partial charge on any atom is -0.349 e. The molecule has 1 aliphatic rings. The number of nitrogens with zero attached hydrogens (tertiary/aromatic N) is 2. The van der Waals surface area contributed by atoms with Gasteiger partial charge >= 0.3 is 0 Å². The number of hydrogen-bond donors (Lipinski definition) is 1. The van der Waals surface area contributed by atoms with Crippen LogP contribution in [0.25, 0.3) is 0 Å². The van der Waals surface area contributed by atoms with Gasteiger partial charge in [-0.15, -0.1) is 0 Å². The molecule has 6 heteroatoms. The van der Waals surface area contributed by atoms with Crippen molar-refractivity contribution in [3.63, 3.8) is 0 Å². The second kappa shape index (κ2) is 7.38. The lowest BCUT2D eigenvalue weighted by Gasteiger charge is -2.19. The first-order valence-corrected chi connectivity index (χ1v) is 8.11. The number of pyridine rings is 1. The van der Waals surface area contributed by atoms with Gasteiger partial charge in [0, 0.05) is 13.1 Å². The van der Waals surface area contributed by atoms with E-state index in [2.05, 4.69) is 10.3 Å². The van der Waals surface area contributed by atoms with Crippen molar-refractivity contribution in [2.24, 2.45) is 0 Å². The lowest BCUT2D eigenvalue weighted by Crippen LogP contribution is -2.32. The van der Waals surface area contributed by atoms with Crippen molar-refractivity contribution in [3.05, 3.63) is 53.9 Å². The Morgan fingerprint density at radius 1 is 1.00 bits per heavy atom. The van der Waals surface area contributed by atoms with Crippen molar-refractivity contribution in [2.75, 3.05) is 18.4 Å². The highest BCUT2D eigenvalue weighted by Crippen LogP contribution is 2.23. The van der Waals surface area contributed by atoms with E-state index in [1.54, 1.807) is 12.1 Å². The van der Waals surface area contributed by atoms with Crippen LogP contribution >= 0.6 is 0 Å². The Morgan fingerprint density at radius 2 is 1.67 bits per heavy atom. The van der Waals surface area contributed by atoms with Crippen molar-refractivity contribution >= 4 is 17.3 Å². The van der Waals surface area contributed by atoms with Gasteiger partial charge in [-0.25, -0.2) is 13.8 Å². The summed E-state index contributed by atoms with van der Waals surface area (Å²) in [6.45, 7) is 1.50. The number of likely N-dealkylation sites (tertiary alicyclic amines) is 1. The smallest absolute Gasteiger partial charge is 0.272 e. The van der Waals surface area contributed by atoms with E-state index in [1.165, 1.54) is 24.4 Å². The predicted octanol–water partition coefficient (Wildman–Crippen LogP) is 4.12. The van der Waals surface area contributed by atoms with Gasteiger partial charge in [0.15, 0.2) is 0 Å². The topological polar surface area (TPSA) is 45.2 Å². The molecule has 24 heavy (non-hydrogen) atoms. The van der Waals surface area contributed by atoms with E-state index in [0.717, 1.165) is 38.8 Å². The quantitative estimate of drug-likeness (QED) is 0.920. The van der Waals surface area contributed by atoms with Gasteiger partial charge in [-0.05, 0) is 37.1 Å². The molecule has 3 rings (SSSR count). The van der Waals surface area contributed by atoms with Gasteiger partial charge in [0.05, 0.1) is 11.9 Å². The van der Waals surface area contributed by atoms with Crippen LogP contribution in [0.1, 0.15) is 36.2 Å². The van der Waals surface area contributed by atoms with Crippen LogP contribution in [-0.2, 0) is 0 Å². The summed E-state index contributed by atoms with van der Waals surface area (Å²) in [5, 5.41) is 2.66. The molecular weight excluding hydrogens is 312 g/mol. The molecule has 1 aliphatic heterocycles. The molecule has 2 aromatic rings. The third kappa shape index (κ3) is 3.69. The number of anilines is 2. The first-order valence-electron chi connectivity index (χ1n) is 8.11. The molecule has 0 bridgehead atoms. The van der Waals surface area contributed by atoms with Gasteiger partial charge in [-0.2, -0.15) is 0 Å². The summed E-state index contributed by atoms with van der Waals surface area (Å²) in [5.74, 6) is -1.46. The van der Waals surface area contributed by atoms with E-state index < -0.39 is 11.6 Å². The van der Waals surface area contributed by atoms with Crippen LogP contribution in [0, 0.1) is 11.6 Å². The number of carbonyl (C=O) groups excluding carboxylic acids is 1. The van der Waals surface area contributed by atoms with E-state index >= 15 is 0 Å². The number of nitrogens with one attached hydrogen (secondary N) is 1. The maximum atomic E-state index is 13.6. The molecule has 0 unspecified atom stereocenters. The third-order valence-electron chi connectivity index (χ3n) is 4.11. The summed E-state index contributed by atoms with van der Waals surface area (Å²) in [7, 11) is 0. The summed E-state index contributed by atoms with van der Waals surface area (Å²) in [5.41, 5.74) is 0.536. The summed E-state index contributed by atoms with van der Waals surface area (Å²) in [6, 6.07) is 6.83. The van der Waals surface area contributed by atoms with E-state index in [1.807, 2.05) is 4.90 Å². The second-order valence-corrected chi connectivity index (χ2v) is 5.86. The van der Waals surface area contributed by atoms with Gasteiger partial charge < -0.3 is 10.2 Å². The zero-order valence-corrected chi connectivity index (χ0v) is 13.3. The number of amides is 1. The SMILES string of the molecule is O=C(c1ccc(Nc2c(F)cccc2F)cn1)N1CCCCCC1. The van der Waals surface area contributed by atoms with Crippen LogP contribution in [0.2, 0.25) is 0 Å². The molecule has 1 saturated heterocycles. The van der Waals surface area contributed by atoms with Crippen molar-refractivity contribution in [2.45, 2.75) is 25.7 Å². The molecule has 1 N–H and O–H groups in total. The predicted molar refractivity (Wildman–Crippen MR) is 88.2 cm³/mol. The Bertz CT molecular complexity index is 690. The van der Waals surface area contributed by atoms with Gasteiger partial charge in [0.1, 0.15) is 23.0 Å². The zero-order valence-electron chi connectivity index (χ0n) is 13.3. The van der Waals surface area contributed by atoms with Gasteiger partial charge in [0.2, 0.25) is 0 Å². The minimum absolute atomic E-state index is 0.0967. The monoisotopic (exact) mass is 331 g/mol. The van der Waals surface area contributed by atoms with Gasteiger partial charge in [-0.1, -0.05) is 18.9 Å². The summed E-state index contributed by atoms with van der Waals surface area (Å²) < 4.78 is 27.3. The minimum atomic E-state index is -0.681. The van der Waals surface area contributed by atoms with E-state index in [-0.39, 0.29) is 11.6 Å². The lowest BCUT2D eigenvalue weighted by atomic mass is 10.2. The van der Waals surface area contributed by atoms with Crippen LogP contribution < -0.4 is 5.32 Å². The molecule has 2 heterocycles. The molecule has 1 amide bonds. The molecule has 1 aromatic carbocycles. The fourth-order valence-electron chi connectivity index (χ4n) is 2.79. The number of aromatic nitrogens is 1. The molecule has 0 aliphatic carbocycles. The summed E-state index contributed by atoms with van der Waals surface area (Å²) in [6.07, 6.45) is 5.73. The number of hydrogen-bond acceptors (Lipinski definition) is 3. The highest BCUT2D eigenvalue weighted by atomic mass is 19.1. The van der Waals surface area contributed by atoms with Gasteiger partial charge in [0.25, 0.3) is 5.91 Å². The number of benzene rings is 1. The number of para-hydroxylation sites is 1. The summed E-state index contributed by atoms with van der Waals surface area (Å²) >= 11 is 0. The zero-order chi connectivity index (χ0) is 16.9. The van der Waals surface area contributed by atoms with Crippen LogP contribution in [0.15, 0.2) is 36.5 Å². The number of halogens is 2. The lowest BCUT2D eigenvalue weighted by molar-refractivity contribution is 0.0756. The highest BCUT2D eigenvalue weighted by Gasteiger charge is 2.18. The standard InChI is InChI=1S/C18H19F2N3O/c19-14-6-5-7-15(20)17(14)22-13-8-9-16(21-12-13)18(24)23-10-3-1-2-4-11-23/h5-9,12,22H,1-4,10-11H2. The first-order chi connectivity index (χ1) is 11.6. The van der Waals surface area contributed by atoms with Crippen molar-refractivity contribution in [3.8, 4) is 0 Å². The third-order valence-corrected chi connectivity index (χ3v) is 4.11. The molecule has 0 atom stereocenters. The highest BCUT2D eigenvalue weighted by molar-refractivity contribution is 5.92. The summed E-state index contributed by atoms with van der Waals surface area (Å²) in [4.78, 5) is 18.4. The van der Waals surface area contributed by atoms with E-state index in [4.69, 9.17) is 0 Å². The average molecular weight is 331 g/mol. The molecule has 1 aromatic heterocycles. The fourth-order valence-corrected chi connectivity index (χ4v) is 2.79. The molecule has 1 fully saturated rings. The van der Waals surface area contributed by atoms with E-state index in [9.17, 15) is 13.6 Å². The molecule has 4 nitrogen and oxygen atoms in total. The maximum Gasteiger partial charge on any atom is 0.272 e. The molecule has 126 valence electrons. The average Bonchev–Trinajstić information content (AvgIpc) is 2.88. The van der Waals surface area contributed by atoms with Crippen LogP contribution in [0.3, 0.4) is 0 Å². The van der Waals surface area contributed by atoms with Crippen molar-refractivity contribution in [1.82, 2.24) is 9.88 Å². The fraction of sp³-hybridized carbons (Fsp3) is 0.333. The molecule has 0 radical (unpaired) electrons. The second-order valence-electron chi connectivity index (χ2n) is 5.86. The van der Waals surface area contributed by atoms with Crippen molar-refractivity contribution < 1.29 is 13.6 Å². The Balaban J connectivity index is 1.72. The maximum absolute atomic E-state index is 13.6. The van der Waals surface area contributed by atoms with Crippen LogP contribution in [-0.4, -0.2) is 28.9 Å². The Morgan fingerprint density at radius 3 is 2.25 bits per heavy atom.